The summed E-state index contributed by atoms with van der Waals surface area (Å²) in [7, 11) is -2.90. The van der Waals surface area contributed by atoms with Gasteiger partial charge in [0.1, 0.15) is 6.07 Å². The monoisotopic (exact) mass is 350 g/mol. The lowest BCUT2D eigenvalue weighted by atomic mass is 10.1. The lowest BCUT2D eigenvalue weighted by Crippen LogP contribution is -2.51. The van der Waals surface area contributed by atoms with E-state index in [9.17, 15) is 23.8 Å². The molecule has 128 valence electrons. The van der Waals surface area contributed by atoms with Gasteiger partial charge in [-0.3, -0.25) is 15.0 Å². The molecule has 0 aliphatic carbocycles. The molecule has 2 aliphatic rings. The SMILES string of the molecule is N#Cc1cc([N+](=O)[O-])ccc1N1CCN(C2CCS(=O)(=O)C2)CC1. The van der Waals surface area contributed by atoms with E-state index in [2.05, 4.69) is 4.90 Å². The zero-order chi connectivity index (χ0) is 17.3. The number of rotatable bonds is 3. The fourth-order valence-corrected chi connectivity index (χ4v) is 5.16. The Labute approximate surface area is 140 Å². The topological polar surface area (TPSA) is 108 Å². The Balaban J connectivity index is 1.69. The number of hydrogen-bond donors (Lipinski definition) is 0. The molecular formula is C15H18N4O4S. The minimum Gasteiger partial charge on any atom is -0.368 e. The summed E-state index contributed by atoms with van der Waals surface area (Å²) in [6.45, 7) is 2.79. The van der Waals surface area contributed by atoms with Gasteiger partial charge in [-0.15, -0.1) is 0 Å². The number of anilines is 1. The van der Waals surface area contributed by atoms with Crippen molar-refractivity contribution in [1.29, 1.82) is 5.26 Å². The van der Waals surface area contributed by atoms with Crippen molar-refractivity contribution in [3.63, 3.8) is 0 Å². The van der Waals surface area contributed by atoms with Crippen LogP contribution in [-0.2, 0) is 9.84 Å². The van der Waals surface area contributed by atoms with Crippen LogP contribution in [0.5, 0.6) is 0 Å². The third-order valence-corrected chi connectivity index (χ3v) is 6.44. The molecule has 1 atom stereocenters. The van der Waals surface area contributed by atoms with Crippen LogP contribution in [0.15, 0.2) is 18.2 Å². The number of nitro benzene ring substituents is 1. The molecule has 0 amide bonds. The highest BCUT2D eigenvalue weighted by Crippen LogP contribution is 2.27. The molecule has 2 saturated heterocycles. The van der Waals surface area contributed by atoms with Crippen LogP contribution < -0.4 is 4.90 Å². The molecular weight excluding hydrogens is 332 g/mol. The fourth-order valence-electron chi connectivity index (χ4n) is 3.39. The maximum atomic E-state index is 11.6. The van der Waals surface area contributed by atoms with E-state index in [1.165, 1.54) is 12.1 Å². The van der Waals surface area contributed by atoms with Crippen LogP contribution in [-0.4, -0.2) is 62.0 Å². The van der Waals surface area contributed by atoms with Gasteiger partial charge in [0.05, 0.1) is 27.7 Å². The van der Waals surface area contributed by atoms with E-state index in [1.54, 1.807) is 6.07 Å². The number of sulfone groups is 1. The molecule has 0 bridgehead atoms. The van der Waals surface area contributed by atoms with Crippen molar-refractivity contribution in [2.24, 2.45) is 0 Å². The zero-order valence-corrected chi connectivity index (χ0v) is 13.9. The van der Waals surface area contributed by atoms with Crippen LogP contribution in [0.3, 0.4) is 0 Å². The third-order valence-electron chi connectivity index (χ3n) is 4.69. The van der Waals surface area contributed by atoms with Gasteiger partial charge in [0.2, 0.25) is 0 Å². The van der Waals surface area contributed by atoms with Gasteiger partial charge < -0.3 is 4.90 Å². The van der Waals surface area contributed by atoms with E-state index < -0.39 is 14.8 Å². The summed E-state index contributed by atoms with van der Waals surface area (Å²) in [4.78, 5) is 14.5. The Hall–Kier alpha value is -2.18. The average Bonchev–Trinajstić information content (AvgIpc) is 2.94. The Kier molecular flexibility index (Phi) is 4.43. The van der Waals surface area contributed by atoms with Gasteiger partial charge in [0.15, 0.2) is 9.84 Å². The predicted molar refractivity (Wildman–Crippen MR) is 88.7 cm³/mol. The summed E-state index contributed by atoms with van der Waals surface area (Å²) in [5, 5.41) is 20.1. The molecule has 0 spiro atoms. The molecule has 2 aliphatic heterocycles. The number of hydrogen-bond acceptors (Lipinski definition) is 7. The van der Waals surface area contributed by atoms with Crippen molar-refractivity contribution in [1.82, 2.24) is 4.90 Å². The van der Waals surface area contributed by atoms with Crippen LogP contribution in [0, 0.1) is 21.4 Å². The first-order valence-corrected chi connectivity index (χ1v) is 9.60. The summed E-state index contributed by atoms with van der Waals surface area (Å²) in [5.41, 5.74) is 0.896. The Morgan fingerprint density at radius 3 is 2.50 bits per heavy atom. The molecule has 2 fully saturated rings. The van der Waals surface area contributed by atoms with Crippen LogP contribution in [0.1, 0.15) is 12.0 Å². The smallest absolute Gasteiger partial charge is 0.270 e. The second-order valence-electron chi connectivity index (χ2n) is 6.15. The van der Waals surface area contributed by atoms with E-state index in [0.717, 1.165) is 13.1 Å². The zero-order valence-electron chi connectivity index (χ0n) is 13.1. The molecule has 0 radical (unpaired) electrons. The van der Waals surface area contributed by atoms with Crippen molar-refractivity contribution < 1.29 is 13.3 Å². The highest BCUT2D eigenvalue weighted by atomic mass is 32.2. The molecule has 0 N–H and O–H groups in total. The molecule has 1 aromatic carbocycles. The number of nitriles is 1. The maximum absolute atomic E-state index is 11.6. The van der Waals surface area contributed by atoms with Gasteiger partial charge in [-0.2, -0.15) is 5.26 Å². The molecule has 3 rings (SSSR count). The van der Waals surface area contributed by atoms with Crippen LogP contribution in [0.2, 0.25) is 0 Å². The molecule has 2 heterocycles. The molecule has 1 aromatic rings. The van der Waals surface area contributed by atoms with Gasteiger partial charge in [0, 0.05) is 44.4 Å². The Morgan fingerprint density at radius 2 is 1.96 bits per heavy atom. The van der Waals surface area contributed by atoms with E-state index >= 15 is 0 Å². The van der Waals surface area contributed by atoms with E-state index in [0.29, 0.717) is 30.8 Å². The normalized spacial score (nSPS) is 23.8. The summed E-state index contributed by atoms with van der Waals surface area (Å²) in [6.07, 6.45) is 0.684. The molecule has 24 heavy (non-hydrogen) atoms. The molecule has 9 heteroatoms. The predicted octanol–water partition coefficient (Wildman–Crippen LogP) is 0.776. The van der Waals surface area contributed by atoms with E-state index in [-0.39, 0.29) is 23.2 Å². The highest BCUT2D eigenvalue weighted by Gasteiger charge is 2.34. The lowest BCUT2D eigenvalue weighted by molar-refractivity contribution is -0.384. The first-order valence-electron chi connectivity index (χ1n) is 7.77. The lowest BCUT2D eigenvalue weighted by Gasteiger charge is -2.39. The fraction of sp³-hybridized carbons (Fsp3) is 0.533. The van der Waals surface area contributed by atoms with Crippen molar-refractivity contribution in [3.8, 4) is 6.07 Å². The van der Waals surface area contributed by atoms with Crippen LogP contribution >= 0.6 is 0 Å². The Bertz CT molecular complexity index is 794. The van der Waals surface area contributed by atoms with Gasteiger partial charge >= 0.3 is 0 Å². The van der Waals surface area contributed by atoms with Crippen molar-refractivity contribution in [2.75, 3.05) is 42.6 Å². The van der Waals surface area contributed by atoms with E-state index in [1.807, 2.05) is 11.0 Å². The minimum atomic E-state index is -2.90. The second kappa shape index (κ2) is 6.37. The van der Waals surface area contributed by atoms with Crippen LogP contribution in [0.4, 0.5) is 11.4 Å². The summed E-state index contributed by atoms with van der Waals surface area (Å²) in [5.74, 6) is 0.493. The first-order chi connectivity index (χ1) is 11.4. The number of non-ortho nitro benzene ring substituents is 1. The molecule has 1 unspecified atom stereocenters. The molecule has 0 saturated carbocycles. The molecule has 0 aromatic heterocycles. The number of nitro groups is 1. The largest absolute Gasteiger partial charge is 0.368 e. The van der Waals surface area contributed by atoms with Gasteiger partial charge in [-0.25, -0.2) is 8.42 Å². The quantitative estimate of drug-likeness (QED) is 0.585. The number of piperazine rings is 1. The summed E-state index contributed by atoms with van der Waals surface area (Å²) in [6, 6.07) is 6.44. The van der Waals surface area contributed by atoms with Gasteiger partial charge in [-0.1, -0.05) is 0 Å². The van der Waals surface area contributed by atoms with Crippen molar-refractivity contribution in [2.45, 2.75) is 12.5 Å². The third kappa shape index (κ3) is 3.34. The number of nitrogens with zero attached hydrogens (tertiary/aromatic N) is 4. The standard InChI is InChI=1S/C15H18N4O4S/c16-10-12-9-13(19(20)21)1-2-15(12)18-6-4-17(5-7-18)14-3-8-24(22,23)11-14/h1-2,9,14H,3-8,11H2. The van der Waals surface area contributed by atoms with Gasteiger partial charge in [0.25, 0.3) is 5.69 Å². The molecule has 8 nitrogen and oxygen atoms in total. The highest BCUT2D eigenvalue weighted by molar-refractivity contribution is 7.91. The maximum Gasteiger partial charge on any atom is 0.270 e. The van der Waals surface area contributed by atoms with Crippen molar-refractivity contribution in [3.05, 3.63) is 33.9 Å². The minimum absolute atomic E-state index is 0.0875. The number of benzene rings is 1. The Morgan fingerprint density at radius 1 is 1.25 bits per heavy atom. The second-order valence-corrected chi connectivity index (χ2v) is 8.38. The van der Waals surface area contributed by atoms with Gasteiger partial charge in [-0.05, 0) is 12.5 Å². The van der Waals surface area contributed by atoms with Crippen LogP contribution in [0.25, 0.3) is 0 Å². The summed E-state index contributed by atoms with van der Waals surface area (Å²) >= 11 is 0. The first kappa shape index (κ1) is 16.7. The van der Waals surface area contributed by atoms with Crippen molar-refractivity contribution >= 4 is 21.2 Å². The summed E-state index contributed by atoms with van der Waals surface area (Å²) < 4.78 is 23.2. The average molecular weight is 350 g/mol. The van der Waals surface area contributed by atoms with E-state index in [4.69, 9.17) is 0 Å².